The van der Waals surface area contributed by atoms with E-state index in [4.69, 9.17) is 12.6 Å². The lowest BCUT2D eigenvalue weighted by atomic mass is 10.2. The summed E-state index contributed by atoms with van der Waals surface area (Å²) in [5.41, 5.74) is 0.921. The molecule has 0 aliphatic rings. The highest BCUT2D eigenvalue weighted by atomic mass is 32.1. The van der Waals surface area contributed by atoms with Gasteiger partial charge in [0.1, 0.15) is 0 Å². The van der Waals surface area contributed by atoms with E-state index in [9.17, 15) is 0 Å². The molecule has 3 heteroatoms. The second-order valence-electron chi connectivity index (χ2n) is 2.43. The molecule has 0 bridgehead atoms. The molecule has 0 saturated carbocycles. The summed E-state index contributed by atoms with van der Waals surface area (Å²) in [4.78, 5) is 0. The summed E-state index contributed by atoms with van der Waals surface area (Å²) in [6.07, 6.45) is 3.77. The molecule has 1 rings (SSSR count). The van der Waals surface area contributed by atoms with Gasteiger partial charge in [-0.1, -0.05) is 26.0 Å². The van der Waals surface area contributed by atoms with Gasteiger partial charge in [0.05, 0.1) is 10.9 Å². The third-order valence-corrected chi connectivity index (χ3v) is 1.95. The van der Waals surface area contributed by atoms with Crippen molar-refractivity contribution in [2.45, 2.75) is 25.0 Å². The Bertz CT molecular complexity index is 201. The van der Waals surface area contributed by atoms with Gasteiger partial charge in [-0.25, -0.2) is 0 Å². The van der Waals surface area contributed by atoms with E-state index in [2.05, 4.69) is 17.1 Å². The van der Waals surface area contributed by atoms with E-state index in [0.717, 1.165) is 18.5 Å². The first-order valence-corrected chi connectivity index (χ1v) is 4.25. The van der Waals surface area contributed by atoms with Crippen LogP contribution in [0.5, 0.6) is 0 Å². The van der Waals surface area contributed by atoms with Gasteiger partial charge < -0.3 is 0 Å². The standard InChI is InChI=1S/C8H11N2S/c1-2-4-8(11)7-5-3-6-9-10-7/h3,5-6,8H,2,4H2,1H3. The zero-order valence-electron chi connectivity index (χ0n) is 6.53. The van der Waals surface area contributed by atoms with Crippen LogP contribution in [0.25, 0.3) is 0 Å². The normalized spacial score (nSPS) is 12.9. The molecular formula is C8H11N2S. The van der Waals surface area contributed by atoms with Gasteiger partial charge in [0, 0.05) is 6.20 Å². The zero-order valence-corrected chi connectivity index (χ0v) is 7.34. The molecule has 0 spiro atoms. The number of aromatic nitrogens is 2. The van der Waals surface area contributed by atoms with Gasteiger partial charge in [-0.15, -0.1) is 0 Å². The third kappa shape index (κ3) is 2.50. The molecule has 1 radical (unpaired) electrons. The van der Waals surface area contributed by atoms with Crippen LogP contribution in [-0.4, -0.2) is 10.2 Å². The Morgan fingerprint density at radius 3 is 3.00 bits per heavy atom. The molecule has 0 aliphatic carbocycles. The predicted octanol–water partition coefficient (Wildman–Crippen LogP) is 2.52. The molecule has 0 amide bonds. The average molecular weight is 167 g/mol. The van der Waals surface area contributed by atoms with Crippen molar-refractivity contribution in [3.63, 3.8) is 0 Å². The molecule has 1 aromatic heterocycles. The molecule has 0 aliphatic heterocycles. The molecule has 59 valence electrons. The average Bonchev–Trinajstić information content (AvgIpc) is 2.07. The van der Waals surface area contributed by atoms with Crippen molar-refractivity contribution in [1.29, 1.82) is 0 Å². The van der Waals surface area contributed by atoms with E-state index in [1.54, 1.807) is 6.20 Å². The predicted molar refractivity (Wildman–Crippen MR) is 47.3 cm³/mol. The van der Waals surface area contributed by atoms with Crippen molar-refractivity contribution < 1.29 is 0 Å². The van der Waals surface area contributed by atoms with Crippen LogP contribution in [0.3, 0.4) is 0 Å². The topological polar surface area (TPSA) is 25.8 Å². The van der Waals surface area contributed by atoms with Crippen LogP contribution >= 0.6 is 12.6 Å². The van der Waals surface area contributed by atoms with E-state index in [0.29, 0.717) is 0 Å². The maximum Gasteiger partial charge on any atom is 0.0769 e. The van der Waals surface area contributed by atoms with Crippen molar-refractivity contribution in [2.75, 3.05) is 0 Å². The Morgan fingerprint density at radius 2 is 2.45 bits per heavy atom. The van der Waals surface area contributed by atoms with E-state index >= 15 is 0 Å². The molecule has 1 aromatic rings. The smallest absolute Gasteiger partial charge is 0.0769 e. The second-order valence-corrected chi connectivity index (χ2v) is 2.99. The highest BCUT2D eigenvalue weighted by molar-refractivity contribution is 7.80. The number of rotatable bonds is 3. The van der Waals surface area contributed by atoms with Gasteiger partial charge in [-0.3, -0.25) is 0 Å². The number of nitrogens with zero attached hydrogens (tertiary/aromatic N) is 2. The monoisotopic (exact) mass is 167 g/mol. The summed E-state index contributed by atoms with van der Waals surface area (Å²) >= 11 is 5.20. The van der Waals surface area contributed by atoms with Crippen molar-refractivity contribution >= 4 is 12.6 Å². The minimum absolute atomic E-state index is 0.133. The Hall–Kier alpha value is -0.570. The van der Waals surface area contributed by atoms with E-state index in [-0.39, 0.29) is 5.25 Å². The zero-order chi connectivity index (χ0) is 8.10. The maximum absolute atomic E-state index is 5.20. The Labute approximate surface area is 72.5 Å². The summed E-state index contributed by atoms with van der Waals surface area (Å²) in [5.74, 6) is 0. The van der Waals surface area contributed by atoms with Crippen LogP contribution < -0.4 is 0 Å². The Balaban J connectivity index is 2.61. The molecule has 1 unspecified atom stereocenters. The molecule has 0 aromatic carbocycles. The van der Waals surface area contributed by atoms with E-state index in [1.807, 2.05) is 12.1 Å². The molecule has 0 N–H and O–H groups in total. The third-order valence-electron chi connectivity index (χ3n) is 1.47. The molecule has 11 heavy (non-hydrogen) atoms. The van der Waals surface area contributed by atoms with Gasteiger partial charge in [0.2, 0.25) is 0 Å². The SMILES string of the molecule is CCCC([S])c1cccnn1. The van der Waals surface area contributed by atoms with Crippen molar-refractivity contribution in [3.8, 4) is 0 Å². The minimum atomic E-state index is 0.133. The van der Waals surface area contributed by atoms with Crippen molar-refractivity contribution in [2.24, 2.45) is 0 Å². The van der Waals surface area contributed by atoms with Crippen LogP contribution in [0, 0.1) is 0 Å². The van der Waals surface area contributed by atoms with Gasteiger partial charge in [0.15, 0.2) is 0 Å². The van der Waals surface area contributed by atoms with Crippen molar-refractivity contribution in [3.05, 3.63) is 24.0 Å². The lowest BCUT2D eigenvalue weighted by molar-refractivity contribution is 0.747. The highest BCUT2D eigenvalue weighted by Gasteiger charge is 2.06. The molecule has 1 atom stereocenters. The fraction of sp³-hybridized carbons (Fsp3) is 0.500. The second kappa shape index (κ2) is 4.34. The first-order valence-electron chi connectivity index (χ1n) is 3.78. The molecule has 0 saturated heterocycles. The van der Waals surface area contributed by atoms with Crippen LogP contribution in [-0.2, 0) is 0 Å². The highest BCUT2D eigenvalue weighted by Crippen LogP contribution is 2.21. The lowest BCUT2D eigenvalue weighted by Gasteiger charge is -2.04. The quantitative estimate of drug-likeness (QED) is 0.691. The molecule has 1 heterocycles. The lowest BCUT2D eigenvalue weighted by Crippen LogP contribution is -1.94. The van der Waals surface area contributed by atoms with E-state index < -0.39 is 0 Å². The van der Waals surface area contributed by atoms with Crippen molar-refractivity contribution in [1.82, 2.24) is 10.2 Å². The minimum Gasteiger partial charge on any atom is -0.159 e. The maximum atomic E-state index is 5.20. The Kier molecular flexibility index (Phi) is 3.36. The molecule has 2 nitrogen and oxygen atoms in total. The summed E-state index contributed by atoms with van der Waals surface area (Å²) in [5, 5.41) is 7.85. The van der Waals surface area contributed by atoms with Gasteiger partial charge >= 0.3 is 0 Å². The summed E-state index contributed by atoms with van der Waals surface area (Å²) in [6, 6.07) is 3.80. The van der Waals surface area contributed by atoms with Crippen LogP contribution in [0.4, 0.5) is 0 Å². The fourth-order valence-electron chi connectivity index (χ4n) is 0.895. The largest absolute Gasteiger partial charge is 0.159 e. The van der Waals surface area contributed by atoms with Gasteiger partial charge in [-0.05, 0) is 18.6 Å². The van der Waals surface area contributed by atoms with Crippen LogP contribution in [0.15, 0.2) is 18.3 Å². The van der Waals surface area contributed by atoms with Gasteiger partial charge in [0.25, 0.3) is 0 Å². The first-order chi connectivity index (χ1) is 5.34. The van der Waals surface area contributed by atoms with Crippen LogP contribution in [0.1, 0.15) is 30.7 Å². The van der Waals surface area contributed by atoms with Gasteiger partial charge in [-0.2, -0.15) is 10.2 Å². The van der Waals surface area contributed by atoms with E-state index in [1.165, 1.54) is 0 Å². The number of hydrogen-bond donors (Lipinski definition) is 0. The molecular weight excluding hydrogens is 156 g/mol. The fourth-order valence-corrected chi connectivity index (χ4v) is 1.26. The summed E-state index contributed by atoms with van der Waals surface area (Å²) in [7, 11) is 0. The Morgan fingerprint density at radius 1 is 1.64 bits per heavy atom. The summed E-state index contributed by atoms with van der Waals surface area (Å²) < 4.78 is 0. The summed E-state index contributed by atoms with van der Waals surface area (Å²) in [6.45, 7) is 2.12. The van der Waals surface area contributed by atoms with Crippen LogP contribution in [0.2, 0.25) is 0 Å². The molecule has 0 fully saturated rings. The first kappa shape index (κ1) is 8.53. The number of hydrogen-bond acceptors (Lipinski definition) is 2.